The van der Waals surface area contributed by atoms with Crippen LogP contribution in [0.3, 0.4) is 0 Å². The summed E-state index contributed by atoms with van der Waals surface area (Å²) in [6, 6.07) is 8.15. The number of pyridine rings is 1. The average Bonchev–Trinajstić information content (AvgIpc) is 2.59. The summed E-state index contributed by atoms with van der Waals surface area (Å²) in [6.07, 6.45) is 3.23. The largest absolute Gasteiger partial charge is 0.336 e. The Hall–Kier alpha value is -1.98. The summed E-state index contributed by atoms with van der Waals surface area (Å²) >= 11 is 6.07. The maximum Gasteiger partial charge on any atom is 0.254 e. The van der Waals surface area contributed by atoms with Gasteiger partial charge in [-0.3, -0.25) is 14.7 Å². The van der Waals surface area contributed by atoms with Gasteiger partial charge in [0.1, 0.15) is 5.82 Å². The molecule has 1 aromatic heterocycles. The number of amides is 1. The lowest BCUT2D eigenvalue weighted by atomic mass is 10.1. The molecule has 0 unspecified atom stereocenters. The van der Waals surface area contributed by atoms with Crippen LogP contribution in [0.1, 0.15) is 15.9 Å². The first kappa shape index (κ1) is 15.9. The SMILES string of the molecule is O=C(c1ccncc1)N1CCN(Cc2c(F)cccc2Cl)CC1. The highest BCUT2D eigenvalue weighted by molar-refractivity contribution is 6.31. The summed E-state index contributed by atoms with van der Waals surface area (Å²) in [6.45, 7) is 3.09. The second-order valence-corrected chi connectivity index (χ2v) is 5.91. The maximum atomic E-state index is 13.9. The third kappa shape index (κ3) is 3.68. The van der Waals surface area contributed by atoms with Gasteiger partial charge in [-0.1, -0.05) is 17.7 Å². The van der Waals surface area contributed by atoms with E-state index in [1.807, 2.05) is 4.90 Å². The van der Waals surface area contributed by atoms with Crippen molar-refractivity contribution >= 4 is 17.5 Å². The van der Waals surface area contributed by atoms with Crippen molar-refractivity contribution in [3.05, 3.63) is 64.7 Å². The molecule has 0 radical (unpaired) electrons. The van der Waals surface area contributed by atoms with E-state index in [2.05, 4.69) is 9.88 Å². The Kier molecular flexibility index (Phi) is 4.88. The molecule has 2 heterocycles. The Bertz CT molecular complexity index is 667. The van der Waals surface area contributed by atoms with E-state index in [0.717, 1.165) is 0 Å². The minimum absolute atomic E-state index is 0.0102. The van der Waals surface area contributed by atoms with Crippen molar-refractivity contribution in [1.29, 1.82) is 0 Å². The molecular formula is C17H17ClFN3O. The molecule has 0 aliphatic carbocycles. The Morgan fingerprint density at radius 3 is 2.48 bits per heavy atom. The van der Waals surface area contributed by atoms with Gasteiger partial charge in [0.25, 0.3) is 5.91 Å². The van der Waals surface area contributed by atoms with Crippen LogP contribution in [-0.4, -0.2) is 46.9 Å². The normalized spacial score (nSPS) is 15.7. The van der Waals surface area contributed by atoms with Gasteiger partial charge in [-0.05, 0) is 24.3 Å². The highest BCUT2D eigenvalue weighted by atomic mass is 35.5. The van der Waals surface area contributed by atoms with Gasteiger partial charge >= 0.3 is 0 Å². The number of benzene rings is 1. The summed E-state index contributed by atoms with van der Waals surface area (Å²) in [5.41, 5.74) is 1.16. The van der Waals surface area contributed by atoms with Gasteiger partial charge in [-0.2, -0.15) is 0 Å². The topological polar surface area (TPSA) is 36.4 Å². The van der Waals surface area contributed by atoms with Crippen molar-refractivity contribution in [2.45, 2.75) is 6.54 Å². The van der Waals surface area contributed by atoms with Crippen LogP contribution in [0, 0.1) is 5.82 Å². The van der Waals surface area contributed by atoms with E-state index >= 15 is 0 Å². The van der Waals surface area contributed by atoms with Crippen LogP contribution in [0.2, 0.25) is 5.02 Å². The molecule has 0 bridgehead atoms. The molecule has 1 aliphatic heterocycles. The molecule has 1 amide bonds. The van der Waals surface area contributed by atoms with Crippen LogP contribution in [0.25, 0.3) is 0 Å². The Balaban J connectivity index is 1.60. The van der Waals surface area contributed by atoms with Gasteiger partial charge in [-0.15, -0.1) is 0 Å². The summed E-state index contributed by atoms with van der Waals surface area (Å²) < 4.78 is 13.9. The summed E-state index contributed by atoms with van der Waals surface area (Å²) in [5, 5.41) is 0.445. The lowest BCUT2D eigenvalue weighted by Gasteiger charge is -2.35. The number of halogens is 2. The molecule has 1 saturated heterocycles. The number of rotatable bonds is 3. The maximum absolute atomic E-state index is 13.9. The van der Waals surface area contributed by atoms with Crippen LogP contribution in [0.4, 0.5) is 4.39 Å². The van der Waals surface area contributed by atoms with Gasteiger partial charge in [0.2, 0.25) is 0 Å². The minimum Gasteiger partial charge on any atom is -0.336 e. The van der Waals surface area contributed by atoms with E-state index in [4.69, 9.17) is 11.6 Å². The quantitative estimate of drug-likeness (QED) is 0.866. The molecule has 120 valence electrons. The first-order chi connectivity index (χ1) is 11.1. The van der Waals surface area contributed by atoms with E-state index in [1.165, 1.54) is 6.07 Å². The number of aromatic nitrogens is 1. The highest BCUT2D eigenvalue weighted by Gasteiger charge is 2.23. The first-order valence-electron chi connectivity index (χ1n) is 7.49. The van der Waals surface area contributed by atoms with Gasteiger partial charge in [0, 0.05) is 61.3 Å². The van der Waals surface area contributed by atoms with E-state index < -0.39 is 0 Å². The first-order valence-corrected chi connectivity index (χ1v) is 7.87. The molecule has 1 aliphatic rings. The van der Waals surface area contributed by atoms with Gasteiger partial charge in [0.15, 0.2) is 0 Å². The summed E-state index contributed by atoms with van der Waals surface area (Å²) in [4.78, 5) is 20.2. The van der Waals surface area contributed by atoms with E-state index in [9.17, 15) is 9.18 Å². The fourth-order valence-electron chi connectivity index (χ4n) is 2.69. The monoisotopic (exact) mass is 333 g/mol. The van der Waals surface area contributed by atoms with Crippen molar-refractivity contribution in [2.75, 3.05) is 26.2 Å². The standard InChI is InChI=1S/C17H17ClFN3O/c18-15-2-1-3-16(19)14(15)12-21-8-10-22(11-9-21)17(23)13-4-6-20-7-5-13/h1-7H,8-12H2. The highest BCUT2D eigenvalue weighted by Crippen LogP contribution is 2.21. The van der Waals surface area contributed by atoms with Crippen molar-refractivity contribution in [3.8, 4) is 0 Å². The van der Waals surface area contributed by atoms with Crippen LogP contribution >= 0.6 is 11.6 Å². The lowest BCUT2D eigenvalue weighted by Crippen LogP contribution is -2.48. The third-order valence-corrected chi connectivity index (χ3v) is 4.38. The smallest absolute Gasteiger partial charge is 0.254 e. The van der Waals surface area contributed by atoms with Gasteiger partial charge in [0.05, 0.1) is 0 Å². The van der Waals surface area contributed by atoms with Gasteiger partial charge in [-0.25, -0.2) is 4.39 Å². The number of hydrogen-bond donors (Lipinski definition) is 0. The van der Waals surface area contributed by atoms with Crippen LogP contribution in [0.5, 0.6) is 0 Å². The summed E-state index contributed by atoms with van der Waals surface area (Å²) in [5.74, 6) is -0.274. The lowest BCUT2D eigenvalue weighted by molar-refractivity contribution is 0.0627. The van der Waals surface area contributed by atoms with Crippen LogP contribution < -0.4 is 0 Å². The molecular weight excluding hydrogens is 317 g/mol. The molecule has 0 N–H and O–H groups in total. The Morgan fingerprint density at radius 2 is 1.83 bits per heavy atom. The number of carbonyl (C=O) groups is 1. The fraction of sp³-hybridized carbons (Fsp3) is 0.294. The molecule has 6 heteroatoms. The van der Waals surface area contributed by atoms with Crippen molar-refractivity contribution in [1.82, 2.24) is 14.8 Å². The number of hydrogen-bond acceptors (Lipinski definition) is 3. The Morgan fingerprint density at radius 1 is 1.13 bits per heavy atom. The van der Waals surface area contributed by atoms with Crippen LogP contribution in [-0.2, 0) is 6.54 Å². The molecule has 23 heavy (non-hydrogen) atoms. The number of piperazine rings is 1. The second-order valence-electron chi connectivity index (χ2n) is 5.50. The fourth-order valence-corrected chi connectivity index (χ4v) is 2.92. The molecule has 1 fully saturated rings. The molecule has 4 nitrogen and oxygen atoms in total. The molecule has 0 saturated carbocycles. The van der Waals surface area contributed by atoms with Crippen molar-refractivity contribution in [3.63, 3.8) is 0 Å². The predicted molar refractivity (Wildman–Crippen MR) is 86.8 cm³/mol. The minimum atomic E-state index is -0.284. The molecule has 0 spiro atoms. The van der Waals surface area contributed by atoms with E-state index in [1.54, 1.807) is 36.7 Å². The predicted octanol–water partition coefficient (Wildman–Crippen LogP) is 2.83. The third-order valence-electron chi connectivity index (χ3n) is 4.03. The van der Waals surface area contributed by atoms with Crippen molar-refractivity contribution in [2.24, 2.45) is 0 Å². The summed E-state index contributed by atoms with van der Waals surface area (Å²) in [7, 11) is 0. The van der Waals surface area contributed by atoms with E-state index in [-0.39, 0.29) is 11.7 Å². The Labute approximate surface area is 139 Å². The molecule has 3 rings (SSSR count). The van der Waals surface area contributed by atoms with Crippen molar-refractivity contribution < 1.29 is 9.18 Å². The number of nitrogens with zero attached hydrogens (tertiary/aromatic N) is 3. The molecule has 1 aromatic carbocycles. The molecule has 2 aromatic rings. The zero-order valence-corrected chi connectivity index (χ0v) is 13.3. The zero-order valence-electron chi connectivity index (χ0n) is 12.6. The van der Waals surface area contributed by atoms with Crippen LogP contribution in [0.15, 0.2) is 42.7 Å². The zero-order chi connectivity index (χ0) is 16.2. The van der Waals surface area contributed by atoms with Gasteiger partial charge < -0.3 is 4.90 Å². The van der Waals surface area contributed by atoms with E-state index in [0.29, 0.717) is 48.9 Å². The average molecular weight is 334 g/mol. The molecule has 0 atom stereocenters. The second kappa shape index (κ2) is 7.06. The number of carbonyl (C=O) groups excluding carboxylic acids is 1.